The largest absolute Gasteiger partial charge is 0.393 e. The zero-order valence-electron chi connectivity index (χ0n) is 16.4. The molecule has 2 aliphatic rings. The third-order valence-electron chi connectivity index (χ3n) is 4.99. The molecule has 1 saturated carbocycles. The number of amidine groups is 1. The molecule has 28 heavy (non-hydrogen) atoms. The zero-order valence-corrected chi connectivity index (χ0v) is 16.4. The molecule has 0 atom stereocenters. The number of carbonyl (C=O) groups excluding carboxylic acids is 1. The van der Waals surface area contributed by atoms with Crippen molar-refractivity contribution in [2.45, 2.75) is 32.2 Å². The van der Waals surface area contributed by atoms with E-state index in [4.69, 9.17) is 10.8 Å². The molecule has 1 amide bonds. The van der Waals surface area contributed by atoms with Crippen molar-refractivity contribution in [3.8, 4) is 0 Å². The van der Waals surface area contributed by atoms with E-state index in [0.717, 1.165) is 34.5 Å². The van der Waals surface area contributed by atoms with Crippen molar-refractivity contribution in [2.24, 2.45) is 0 Å². The van der Waals surface area contributed by atoms with Gasteiger partial charge in [0, 0.05) is 67.9 Å². The van der Waals surface area contributed by atoms with E-state index in [1.165, 1.54) is 19.1 Å². The number of hydrogen-bond donors (Lipinski definition) is 5. The number of rotatable bonds is 7. The van der Waals surface area contributed by atoms with Crippen LogP contribution in [-0.4, -0.2) is 49.0 Å². The van der Waals surface area contributed by atoms with Crippen LogP contribution < -0.4 is 16.0 Å². The van der Waals surface area contributed by atoms with Crippen molar-refractivity contribution in [1.82, 2.24) is 15.5 Å². The van der Waals surface area contributed by atoms with Crippen molar-refractivity contribution in [3.05, 3.63) is 47.3 Å². The summed E-state index contributed by atoms with van der Waals surface area (Å²) in [6.07, 6.45) is 6.18. The van der Waals surface area contributed by atoms with Gasteiger partial charge in [-0.1, -0.05) is 12.1 Å². The van der Waals surface area contributed by atoms with E-state index in [1.54, 1.807) is 25.1 Å². The van der Waals surface area contributed by atoms with Gasteiger partial charge in [-0.2, -0.15) is 0 Å². The summed E-state index contributed by atoms with van der Waals surface area (Å²) in [4.78, 5) is 13.6. The van der Waals surface area contributed by atoms with Gasteiger partial charge in [-0.05, 0) is 30.5 Å². The lowest BCUT2D eigenvalue weighted by atomic mass is 10.0. The first kappa shape index (κ1) is 19.7. The summed E-state index contributed by atoms with van der Waals surface area (Å²) in [6, 6.07) is 8.15. The summed E-state index contributed by atoms with van der Waals surface area (Å²) in [5, 5.41) is 25.7. The molecule has 1 heterocycles. The van der Waals surface area contributed by atoms with Crippen LogP contribution in [0.1, 0.15) is 31.7 Å². The molecule has 1 aromatic rings. The normalized spacial score (nSPS) is 17.2. The number of hydrogen-bond acceptors (Lipinski definition) is 5. The van der Waals surface area contributed by atoms with Gasteiger partial charge < -0.3 is 26.3 Å². The summed E-state index contributed by atoms with van der Waals surface area (Å²) in [6.45, 7) is 2.73. The van der Waals surface area contributed by atoms with Gasteiger partial charge in [-0.3, -0.25) is 10.2 Å². The highest BCUT2D eigenvalue weighted by Gasteiger charge is 2.28. The predicted molar refractivity (Wildman–Crippen MR) is 114 cm³/mol. The predicted octanol–water partition coefficient (Wildman–Crippen LogP) is 2.54. The summed E-state index contributed by atoms with van der Waals surface area (Å²) in [7, 11) is 1.80. The fraction of sp³-hybridized carbons (Fsp3) is 0.381. The second-order valence-electron chi connectivity index (χ2n) is 7.18. The van der Waals surface area contributed by atoms with Crippen LogP contribution in [0.25, 0.3) is 5.57 Å². The lowest BCUT2D eigenvalue weighted by Gasteiger charge is -2.31. The van der Waals surface area contributed by atoms with Crippen LogP contribution in [0.3, 0.4) is 0 Å². The van der Waals surface area contributed by atoms with Crippen molar-refractivity contribution >= 4 is 29.2 Å². The molecular formula is C21H28N6O. The molecule has 7 nitrogen and oxygen atoms in total. The number of carbonyl (C=O) groups is 1. The Hall–Kier alpha value is -3.09. The first-order valence-corrected chi connectivity index (χ1v) is 9.60. The van der Waals surface area contributed by atoms with Crippen molar-refractivity contribution < 1.29 is 4.79 Å². The Morgan fingerprint density at radius 2 is 1.96 bits per heavy atom. The molecule has 5 N–H and O–H groups in total. The number of nitrogens with one attached hydrogen (secondary N) is 5. The van der Waals surface area contributed by atoms with Crippen LogP contribution in [0.15, 0.2) is 41.7 Å². The average molecular weight is 380 g/mol. The molecule has 7 heteroatoms. The Morgan fingerprint density at radius 1 is 1.25 bits per heavy atom. The van der Waals surface area contributed by atoms with Crippen LogP contribution in [-0.2, 0) is 4.79 Å². The first-order valence-electron chi connectivity index (χ1n) is 9.60. The fourth-order valence-corrected chi connectivity index (χ4v) is 3.22. The monoisotopic (exact) mass is 380 g/mol. The molecule has 0 radical (unpaired) electrons. The van der Waals surface area contributed by atoms with Crippen molar-refractivity contribution in [1.29, 1.82) is 10.8 Å². The van der Waals surface area contributed by atoms with E-state index in [-0.39, 0.29) is 5.91 Å². The molecule has 0 unspecified atom stereocenters. The second kappa shape index (κ2) is 8.73. The van der Waals surface area contributed by atoms with Gasteiger partial charge in [0.15, 0.2) is 0 Å². The third-order valence-corrected chi connectivity index (χ3v) is 4.99. The van der Waals surface area contributed by atoms with Crippen LogP contribution in [0, 0.1) is 10.8 Å². The van der Waals surface area contributed by atoms with Crippen LogP contribution in [0.4, 0.5) is 5.69 Å². The van der Waals surface area contributed by atoms with Gasteiger partial charge in [-0.25, -0.2) is 0 Å². The molecule has 0 saturated heterocycles. The summed E-state index contributed by atoms with van der Waals surface area (Å²) in [5.41, 5.74) is 4.45. The summed E-state index contributed by atoms with van der Waals surface area (Å²) in [5.74, 6) is 0.357. The average Bonchev–Trinajstić information content (AvgIpc) is 3.51. The topological polar surface area (TPSA) is 104 Å². The molecule has 1 fully saturated rings. The quantitative estimate of drug-likeness (QED) is 0.370. The Balaban J connectivity index is 1.75. The highest BCUT2D eigenvalue weighted by atomic mass is 16.2. The van der Waals surface area contributed by atoms with Gasteiger partial charge in [0.1, 0.15) is 5.84 Å². The number of benzene rings is 1. The van der Waals surface area contributed by atoms with Gasteiger partial charge in [0.25, 0.3) is 0 Å². The minimum atomic E-state index is 0.0376. The highest BCUT2D eigenvalue weighted by molar-refractivity contribution is 6.09. The SMILES string of the molecule is CN/C=C(\C=N)c1ccc(NC(=N)C2=C(NC3CC3)CCN(C(C)=O)C2)cc1. The lowest BCUT2D eigenvalue weighted by Crippen LogP contribution is -2.41. The molecule has 0 bridgehead atoms. The Morgan fingerprint density at radius 3 is 2.54 bits per heavy atom. The van der Waals surface area contributed by atoms with Gasteiger partial charge >= 0.3 is 0 Å². The smallest absolute Gasteiger partial charge is 0.219 e. The van der Waals surface area contributed by atoms with Crippen LogP contribution in [0.2, 0.25) is 0 Å². The van der Waals surface area contributed by atoms with E-state index >= 15 is 0 Å². The molecule has 0 aromatic heterocycles. The maximum absolute atomic E-state index is 11.8. The second-order valence-corrected chi connectivity index (χ2v) is 7.18. The maximum atomic E-state index is 11.8. The summed E-state index contributed by atoms with van der Waals surface area (Å²) >= 11 is 0. The van der Waals surface area contributed by atoms with E-state index in [1.807, 2.05) is 24.3 Å². The highest BCUT2D eigenvalue weighted by Crippen LogP contribution is 2.25. The molecule has 1 aromatic carbocycles. The Bertz CT molecular complexity index is 820. The molecule has 3 rings (SSSR count). The maximum Gasteiger partial charge on any atom is 0.219 e. The number of nitrogens with zero attached hydrogens (tertiary/aromatic N) is 1. The molecule has 1 aliphatic heterocycles. The van der Waals surface area contributed by atoms with Gasteiger partial charge in [0.05, 0.1) is 6.54 Å². The van der Waals surface area contributed by atoms with Gasteiger partial charge in [0.2, 0.25) is 5.91 Å². The standard InChI is InChI=1S/C21H28N6O/c1-14(28)27-10-9-20(25-17-7-8-17)19(13-27)21(23)26-18-5-3-15(4-6-18)16(11-22)12-24-2/h3-6,11-12,17,22,24-25H,7-10,13H2,1-2H3,(H2,23,26)/b16-12+,22-11?. The van der Waals surface area contributed by atoms with Crippen LogP contribution >= 0.6 is 0 Å². The number of amides is 1. The molecule has 148 valence electrons. The van der Waals surface area contributed by atoms with Gasteiger partial charge in [-0.15, -0.1) is 0 Å². The molecule has 1 aliphatic carbocycles. The minimum absolute atomic E-state index is 0.0376. The number of allylic oxidation sites excluding steroid dienone is 1. The molecule has 0 spiro atoms. The Labute approximate surface area is 165 Å². The van der Waals surface area contributed by atoms with Crippen LogP contribution in [0.5, 0.6) is 0 Å². The number of anilines is 1. The summed E-state index contributed by atoms with van der Waals surface area (Å²) < 4.78 is 0. The van der Waals surface area contributed by atoms with E-state index in [0.29, 0.717) is 25.0 Å². The van der Waals surface area contributed by atoms with E-state index in [2.05, 4.69) is 16.0 Å². The lowest BCUT2D eigenvalue weighted by molar-refractivity contribution is -0.128. The molecular weight excluding hydrogens is 352 g/mol. The van der Waals surface area contributed by atoms with Crippen molar-refractivity contribution in [3.63, 3.8) is 0 Å². The van der Waals surface area contributed by atoms with E-state index < -0.39 is 0 Å². The Kier molecular flexibility index (Phi) is 6.13. The van der Waals surface area contributed by atoms with Crippen molar-refractivity contribution in [2.75, 3.05) is 25.5 Å². The third kappa shape index (κ3) is 4.79. The van der Waals surface area contributed by atoms with E-state index in [9.17, 15) is 4.79 Å². The first-order chi connectivity index (χ1) is 13.5. The fourth-order valence-electron chi connectivity index (χ4n) is 3.22. The zero-order chi connectivity index (χ0) is 20.1. The minimum Gasteiger partial charge on any atom is -0.393 e.